The van der Waals surface area contributed by atoms with Crippen molar-refractivity contribution in [2.24, 2.45) is 5.14 Å². The Balaban J connectivity index is 2.68. The lowest BCUT2D eigenvalue weighted by molar-refractivity contribution is 0.0956. The summed E-state index contributed by atoms with van der Waals surface area (Å²) in [5.74, 6) is -1.77. The molecule has 0 fully saturated rings. The van der Waals surface area contributed by atoms with Crippen molar-refractivity contribution in [3.63, 3.8) is 0 Å². The van der Waals surface area contributed by atoms with Crippen LogP contribution < -0.4 is 10.5 Å². The van der Waals surface area contributed by atoms with Crippen molar-refractivity contribution < 1.29 is 17.6 Å². The molecule has 5 nitrogen and oxygen atoms in total. The van der Waals surface area contributed by atoms with Gasteiger partial charge in [-0.25, -0.2) is 17.9 Å². The normalized spacial score (nSPS) is 11.2. The first-order valence-electron chi connectivity index (χ1n) is 4.54. The minimum atomic E-state index is -3.64. The van der Waals surface area contributed by atoms with E-state index in [1.807, 2.05) is 0 Å². The van der Waals surface area contributed by atoms with E-state index in [0.29, 0.717) is 0 Å². The molecule has 94 valence electrons. The Bertz CT molecular complexity index is 533. The third kappa shape index (κ3) is 4.29. The molecule has 0 saturated heterocycles. The zero-order valence-corrected chi connectivity index (χ0v) is 10.2. The van der Waals surface area contributed by atoms with Gasteiger partial charge in [-0.2, -0.15) is 0 Å². The van der Waals surface area contributed by atoms with Crippen molar-refractivity contribution in [2.45, 2.75) is 0 Å². The first-order chi connectivity index (χ1) is 7.81. The lowest BCUT2D eigenvalue weighted by Crippen LogP contribution is -2.31. The maximum absolute atomic E-state index is 13.0. The average Bonchev–Trinajstić information content (AvgIpc) is 2.20. The van der Waals surface area contributed by atoms with Gasteiger partial charge in [0.05, 0.1) is 16.3 Å². The van der Waals surface area contributed by atoms with Gasteiger partial charge in [0.1, 0.15) is 5.82 Å². The van der Waals surface area contributed by atoms with Gasteiger partial charge in [-0.15, -0.1) is 0 Å². The van der Waals surface area contributed by atoms with Crippen LogP contribution in [0.4, 0.5) is 4.39 Å². The van der Waals surface area contributed by atoms with Crippen LogP contribution in [0.1, 0.15) is 10.4 Å². The Kier molecular flexibility index (Phi) is 4.44. The van der Waals surface area contributed by atoms with E-state index in [-0.39, 0.29) is 17.1 Å². The standard InChI is InChI=1S/C9H10ClFN2O3S/c10-8-6(2-1-3-7(8)11)9(14)13-4-5-17(12,15)16/h1-3H,4-5H2,(H,13,14)(H2,12,15,16). The zero-order chi connectivity index (χ0) is 13.1. The molecule has 0 saturated carbocycles. The Labute approximate surface area is 103 Å². The van der Waals surface area contributed by atoms with Crippen LogP contribution in [-0.4, -0.2) is 26.6 Å². The smallest absolute Gasteiger partial charge is 0.252 e. The fourth-order valence-corrected chi connectivity index (χ4v) is 1.68. The maximum Gasteiger partial charge on any atom is 0.252 e. The van der Waals surface area contributed by atoms with E-state index in [4.69, 9.17) is 16.7 Å². The fourth-order valence-electron chi connectivity index (χ4n) is 1.08. The quantitative estimate of drug-likeness (QED) is 0.841. The van der Waals surface area contributed by atoms with E-state index in [1.165, 1.54) is 12.1 Å². The summed E-state index contributed by atoms with van der Waals surface area (Å²) in [4.78, 5) is 11.5. The highest BCUT2D eigenvalue weighted by Gasteiger charge is 2.13. The second-order valence-electron chi connectivity index (χ2n) is 3.22. The number of carbonyl (C=O) groups excluding carboxylic acids is 1. The molecule has 1 aromatic rings. The van der Waals surface area contributed by atoms with Gasteiger partial charge in [0.25, 0.3) is 5.91 Å². The molecule has 0 unspecified atom stereocenters. The number of halogens is 2. The SMILES string of the molecule is NS(=O)(=O)CCNC(=O)c1cccc(F)c1Cl. The number of benzene rings is 1. The number of primary sulfonamides is 1. The molecule has 1 rings (SSSR count). The summed E-state index contributed by atoms with van der Waals surface area (Å²) in [7, 11) is -3.64. The number of carbonyl (C=O) groups is 1. The van der Waals surface area contributed by atoms with Crippen molar-refractivity contribution in [2.75, 3.05) is 12.3 Å². The first-order valence-corrected chi connectivity index (χ1v) is 6.63. The van der Waals surface area contributed by atoms with Crippen LogP contribution in [0.25, 0.3) is 0 Å². The molecule has 17 heavy (non-hydrogen) atoms. The number of nitrogens with one attached hydrogen (secondary N) is 1. The molecule has 0 atom stereocenters. The summed E-state index contributed by atoms with van der Waals surface area (Å²) in [5.41, 5.74) is -0.0545. The van der Waals surface area contributed by atoms with Gasteiger partial charge in [-0.05, 0) is 12.1 Å². The third-order valence-electron chi connectivity index (χ3n) is 1.87. The summed E-state index contributed by atoms with van der Waals surface area (Å²) in [6, 6.07) is 3.77. The van der Waals surface area contributed by atoms with E-state index < -0.39 is 27.5 Å². The number of sulfonamides is 1. The predicted molar refractivity (Wildman–Crippen MR) is 61.7 cm³/mol. The molecule has 3 N–H and O–H groups in total. The van der Waals surface area contributed by atoms with Crippen LogP contribution in [0.3, 0.4) is 0 Å². The molecule has 0 aliphatic heterocycles. The molecule has 0 aliphatic rings. The van der Waals surface area contributed by atoms with Crippen molar-refractivity contribution in [1.82, 2.24) is 5.32 Å². The van der Waals surface area contributed by atoms with Gasteiger partial charge in [0.2, 0.25) is 10.0 Å². The van der Waals surface area contributed by atoms with Crippen LogP contribution in [0.15, 0.2) is 18.2 Å². The second-order valence-corrected chi connectivity index (χ2v) is 5.34. The molecular weight excluding hydrogens is 271 g/mol. The van der Waals surface area contributed by atoms with Crippen molar-refractivity contribution in [3.05, 3.63) is 34.6 Å². The zero-order valence-electron chi connectivity index (χ0n) is 8.61. The van der Waals surface area contributed by atoms with E-state index >= 15 is 0 Å². The Morgan fingerprint density at radius 2 is 2.12 bits per heavy atom. The van der Waals surface area contributed by atoms with Gasteiger partial charge >= 0.3 is 0 Å². The molecular formula is C9H10ClFN2O3S. The van der Waals surface area contributed by atoms with Gasteiger partial charge < -0.3 is 5.32 Å². The molecule has 8 heteroatoms. The number of hydrogen-bond acceptors (Lipinski definition) is 3. The van der Waals surface area contributed by atoms with Crippen LogP contribution in [0.2, 0.25) is 5.02 Å². The molecule has 0 aliphatic carbocycles. The van der Waals surface area contributed by atoms with Gasteiger partial charge in [0, 0.05) is 6.54 Å². The Hall–Kier alpha value is -1.18. The highest BCUT2D eigenvalue weighted by molar-refractivity contribution is 7.89. The molecule has 1 aromatic carbocycles. The van der Waals surface area contributed by atoms with E-state index in [9.17, 15) is 17.6 Å². The molecule has 1 amide bonds. The molecule has 0 bridgehead atoms. The summed E-state index contributed by atoms with van der Waals surface area (Å²) >= 11 is 5.58. The van der Waals surface area contributed by atoms with Crippen LogP contribution in [0, 0.1) is 5.82 Å². The average molecular weight is 281 g/mol. The molecule has 0 spiro atoms. The van der Waals surface area contributed by atoms with E-state index in [2.05, 4.69) is 5.32 Å². The van der Waals surface area contributed by atoms with Crippen LogP contribution in [0.5, 0.6) is 0 Å². The second kappa shape index (κ2) is 5.44. The third-order valence-corrected chi connectivity index (χ3v) is 3.03. The lowest BCUT2D eigenvalue weighted by atomic mass is 10.2. The summed E-state index contributed by atoms with van der Waals surface area (Å²) < 4.78 is 34.2. The lowest BCUT2D eigenvalue weighted by Gasteiger charge is -2.06. The predicted octanol–water partition coefficient (Wildman–Crippen LogP) is 0.497. The first kappa shape index (κ1) is 13.9. The minimum Gasteiger partial charge on any atom is -0.351 e. The minimum absolute atomic E-state index is 0.0545. The van der Waals surface area contributed by atoms with Gasteiger partial charge in [-0.1, -0.05) is 17.7 Å². The van der Waals surface area contributed by atoms with Gasteiger partial charge in [-0.3, -0.25) is 4.79 Å². The molecule has 0 heterocycles. The van der Waals surface area contributed by atoms with E-state index in [1.54, 1.807) is 0 Å². The highest BCUT2D eigenvalue weighted by Crippen LogP contribution is 2.19. The summed E-state index contributed by atoms with van der Waals surface area (Å²) in [5, 5.41) is 6.72. The van der Waals surface area contributed by atoms with Crippen LogP contribution >= 0.6 is 11.6 Å². The Morgan fingerprint density at radius 1 is 1.47 bits per heavy atom. The van der Waals surface area contributed by atoms with E-state index in [0.717, 1.165) is 6.07 Å². The molecule has 0 aromatic heterocycles. The summed E-state index contributed by atoms with van der Waals surface area (Å²) in [6.07, 6.45) is 0. The number of nitrogens with two attached hydrogens (primary N) is 1. The maximum atomic E-state index is 13.0. The number of amides is 1. The van der Waals surface area contributed by atoms with Crippen molar-refractivity contribution >= 4 is 27.5 Å². The van der Waals surface area contributed by atoms with Crippen LogP contribution in [-0.2, 0) is 10.0 Å². The fraction of sp³-hybridized carbons (Fsp3) is 0.222. The number of rotatable bonds is 4. The topological polar surface area (TPSA) is 89.3 Å². The largest absolute Gasteiger partial charge is 0.351 e. The van der Waals surface area contributed by atoms with Gasteiger partial charge in [0.15, 0.2) is 0 Å². The monoisotopic (exact) mass is 280 g/mol. The van der Waals surface area contributed by atoms with Crippen molar-refractivity contribution in [3.8, 4) is 0 Å². The summed E-state index contributed by atoms with van der Waals surface area (Å²) in [6.45, 7) is -0.162. The number of hydrogen-bond donors (Lipinski definition) is 2. The molecule has 0 radical (unpaired) electrons. The van der Waals surface area contributed by atoms with Crippen molar-refractivity contribution in [1.29, 1.82) is 0 Å². The highest BCUT2D eigenvalue weighted by atomic mass is 35.5. The Morgan fingerprint density at radius 3 is 2.71 bits per heavy atom.